The van der Waals surface area contributed by atoms with Crippen molar-refractivity contribution in [1.82, 2.24) is 4.98 Å². The van der Waals surface area contributed by atoms with Gasteiger partial charge in [0.1, 0.15) is 5.75 Å². The molecule has 0 aliphatic heterocycles. The van der Waals surface area contributed by atoms with Crippen molar-refractivity contribution in [3.05, 3.63) is 51.8 Å². The zero-order chi connectivity index (χ0) is 21.0. The van der Waals surface area contributed by atoms with Crippen LogP contribution in [0.2, 0.25) is 0 Å². The van der Waals surface area contributed by atoms with E-state index < -0.39 is 23.8 Å². The molecule has 0 radical (unpaired) electrons. The first-order valence-corrected chi connectivity index (χ1v) is 8.86. The Balaban J connectivity index is 2.02. The summed E-state index contributed by atoms with van der Waals surface area (Å²) in [5, 5.41) is 0. The summed E-state index contributed by atoms with van der Waals surface area (Å²) in [6.07, 6.45) is -1.03. The lowest BCUT2D eigenvalue weighted by molar-refractivity contribution is -0.148. The fraction of sp³-hybridized carbons (Fsp3) is 0.381. The van der Waals surface area contributed by atoms with Crippen LogP contribution < -0.4 is 4.74 Å². The number of methoxy groups -OCH3 is 1. The maximum Gasteiger partial charge on any atom is 0.344 e. The van der Waals surface area contributed by atoms with Gasteiger partial charge in [0.2, 0.25) is 5.78 Å². The summed E-state index contributed by atoms with van der Waals surface area (Å²) in [6.45, 7) is 8.34. The largest absolute Gasteiger partial charge is 0.482 e. The summed E-state index contributed by atoms with van der Waals surface area (Å²) < 4.78 is 15.4. The van der Waals surface area contributed by atoms with Gasteiger partial charge in [-0.25, -0.2) is 9.59 Å². The smallest absolute Gasteiger partial charge is 0.344 e. The van der Waals surface area contributed by atoms with Crippen LogP contribution in [0.15, 0.2) is 18.2 Å². The van der Waals surface area contributed by atoms with Gasteiger partial charge in [-0.15, -0.1) is 0 Å². The van der Waals surface area contributed by atoms with Gasteiger partial charge in [0.25, 0.3) is 0 Å². The maximum atomic E-state index is 12.6. The van der Waals surface area contributed by atoms with Crippen LogP contribution in [0.4, 0.5) is 0 Å². The number of H-pyrrole nitrogens is 1. The molecule has 2 rings (SSSR count). The molecule has 2 aromatic rings. The van der Waals surface area contributed by atoms with Gasteiger partial charge in [-0.2, -0.15) is 0 Å². The molecule has 1 aromatic heterocycles. The van der Waals surface area contributed by atoms with Crippen LogP contribution in [-0.2, 0) is 14.3 Å². The van der Waals surface area contributed by atoms with Crippen molar-refractivity contribution in [1.29, 1.82) is 0 Å². The van der Waals surface area contributed by atoms with Crippen molar-refractivity contribution in [2.45, 2.75) is 40.7 Å². The second-order valence-electron chi connectivity index (χ2n) is 6.73. The number of hydrogen-bond acceptors (Lipinski definition) is 6. The molecular weight excluding hydrogens is 362 g/mol. The number of ketones is 1. The molecular formula is C21H25NO6. The van der Waals surface area contributed by atoms with Gasteiger partial charge in [-0.1, -0.05) is 6.07 Å². The molecule has 0 spiro atoms. The van der Waals surface area contributed by atoms with Gasteiger partial charge in [0, 0.05) is 5.69 Å². The Morgan fingerprint density at radius 1 is 1.04 bits per heavy atom. The first kappa shape index (κ1) is 21.2. The molecule has 0 saturated carbocycles. The summed E-state index contributed by atoms with van der Waals surface area (Å²) in [4.78, 5) is 39.4. The number of carbonyl (C=O) groups excluding carboxylic acids is 3. The van der Waals surface area contributed by atoms with Gasteiger partial charge in [-0.3, -0.25) is 4.79 Å². The van der Waals surface area contributed by atoms with Crippen molar-refractivity contribution >= 4 is 17.7 Å². The minimum Gasteiger partial charge on any atom is -0.482 e. The molecule has 1 heterocycles. The van der Waals surface area contributed by atoms with Crippen LogP contribution in [0.5, 0.6) is 5.75 Å². The van der Waals surface area contributed by atoms with Crippen LogP contribution in [0.1, 0.15) is 50.2 Å². The number of esters is 2. The predicted octanol–water partition coefficient (Wildman–Crippen LogP) is 3.23. The first-order chi connectivity index (χ1) is 13.1. The minimum absolute atomic E-state index is 0.216. The zero-order valence-corrected chi connectivity index (χ0v) is 17.0. The first-order valence-electron chi connectivity index (χ1n) is 8.86. The lowest BCUT2D eigenvalue weighted by Crippen LogP contribution is -2.28. The molecule has 0 amide bonds. The fourth-order valence-electron chi connectivity index (χ4n) is 3.05. The average Bonchev–Trinajstić information content (AvgIpc) is 2.92. The number of aromatic amines is 1. The van der Waals surface area contributed by atoms with E-state index in [0.717, 1.165) is 11.1 Å². The van der Waals surface area contributed by atoms with Crippen LogP contribution in [-0.4, -0.2) is 42.5 Å². The molecule has 150 valence electrons. The molecule has 0 bridgehead atoms. The van der Waals surface area contributed by atoms with Crippen LogP contribution in [0.25, 0.3) is 0 Å². The van der Waals surface area contributed by atoms with E-state index in [4.69, 9.17) is 14.2 Å². The van der Waals surface area contributed by atoms with E-state index in [-0.39, 0.29) is 12.3 Å². The highest BCUT2D eigenvalue weighted by Gasteiger charge is 2.27. The fourth-order valence-corrected chi connectivity index (χ4v) is 3.05. The van der Waals surface area contributed by atoms with Crippen molar-refractivity contribution in [2.75, 3.05) is 13.7 Å². The minimum atomic E-state index is -1.03. The van der Waals surface area contributed by atoms with Crippen molar-refractivity contribution in [3.8, 4) is 5.75 Å². The maximum absolute atomic E-state index is 12.6. The number of aromatic nitrogens is 1. The Bertz CT molecular complexity index is 892. The highest BCUT2D eigenvalue weighted by Crippen LogP contribution is 2.21. The number of hydrogen-bond donors (Lipinski definition) is 1. The lowest BCUT2D eigenvalue weighted by atomic mass is 10.1. The number of nitrogens with one attached hydrogen (secondary N) is 1. The predicted molar refractivity (Wildman–Crippen MR) is 103 cm³/mol. The second kappa shape index (κ2) is 8.73. The van der Waals surface area contributed by atoms with E-state index in [1.54, 1.807) is 13.8 Å². The van der Waals surface area contributed by atoms with E-state index in [1.807, 2.05) is 32.0 Å². The van der Waals surface area contributed by atoms with Gasteiger partial charge in [-0.05, 0) is 63.4 Å². The molecule has 0 saturated heterocycles. The van der Waals surface area contributed by atoms with Crippen LogP contribution in [0, 0.1) is 27.7 Å². The standard InChI is InChI=1S/C21H25NO6/c1-11-7-12(2)9-16(8-11)27-10-17(23)28-15(5)20(24)19-13(3)18(14(4)22-19)21(25)26-6/h7-9,15,22H,10H2,1-6H3/t15-/m0/s1. The highest BCUT2D eigenvalue weighted by molar-refractivity contribution is 6.03. The molecule has 7 heteroatoms. The quantitative estimate of drug-likeness (QED) is 0.579. The van der Waals surface area contributed by atoms with Crippen molar-refractivity contribution in [3.63, 3.8) is 0 Å². The number of Topliss-reactive ketones (excluding diaryl/α,β-unsaturated/α-hetero) is 1. The number of rotatable bonds is 7. The Labute approximate surface area is 164 Å². The van der Waals surface area contributed by atoms with Gasteiger partial charge < -0.3 is 19.2 Å². The third kappa shape index (κ3) is 4.79. The van der Waals surface area contributed by atoms with E-state index in [2.05, 4.69) is 4.98 Å². The van der Waals surface area contributed by atoms with Crippen LogP contribution in [0.3, 0.4) is 0 Å². The van der Waals surface area contributed by atoms with Gasteiger partial charge in [0.15, 0.2) is 12.7 Å². The summed E-state index contributed by atoms with van der Waals surface area (Å²) in [7, 11) is 1.27. The molecule has 1 N–H and O–H groups in total. The van der Waals surface area contributed by atoms with Gasteiger partial charge >= 0.3 is 11.9 Å². The van der Waals surface area contributed by atoms with E-state index >= 15 is 0 Å². The Morgan fingerprint density at radius 3 is 2.21 bits per heavy atom. The monoisotopic (exact) mass is 387 g/mol. The molecule has 1 aromatic carbocycles. The number of ether oxygens (including phenoxy) is 3. The third-order valence-electron chi connectivity index (χ3n) is 4.30. The number of aryl methyl sites for hydroxylation is 3. The molecule has 0 unspecified atom stereocenters. The van der Waals surface area contributed by atoms with Crippen molar-refractivity contribution < 1.29 is 28.6 Å². The van der Waals surface area contributed by atoms with E-state index in [1.165, 1.54) is 14.0 Å². The zero-order valence-electron chi connectivity index (χ0n) is 17.0. The molecule has 28 heavy (non-hydrogen) atoms. The molecule has 0 fully saturated rings. The third-order valence-corrected chi connectivity index (χ3v) is 4.30. The molecule has 0 aliphatic carbocycles. The Kier molecular flexibility index (Phi) is 6.62. The topological polar surface area (TPSA) is 94.7 Å². The SMILES string of the molecule is COC(=O)c1c(C)[nH]c(C(=O)[C@H](C)OC(=O)COc2cc(C)cc(C)c2)c1C. The molecule has 7 nitrogen and oxygen atoms in total. The normalized spacial score (nSPS) is 11.6. The molecule has 1 atom stereocenters. The summed E-state index contributed by atoms with van der Waals surface area (Å²) >= 11 is 0. The highest BCUT2D eigenvalue weighted by atomic mass is 16.6. The van der Waals surface area contributed by atoms with Crippen LogP contribution >= 0.6 is 0 Å². The lowest BCUT2D eigenvalue weighted by Gasteiger charge is -2.13. The van der Waals surface area contributed by atoms with Crippen molar-refractivity contribution in [2.24, 2.45) is 0 Å². The number of benzene rings is 1. The summed E-state index contributed by atoms with van der Waals surface area (Å²) in [5.74, 6) is -1.06. The Morgan fingerprint density at radius 2 is 1.64 bits per heavy atom. The van der Waals surface area contributed by atoms with E-state index in [9.17, 15) is 14.4 Å². The summed E-state index contributed by atoms with van der Waals surface area (Å²) in [6, 6.07) is 5.62. The number of carbonyl (C=O) groups is 3. The second-order valence-corrected chi connectivity index (χ2v) is 6.73. The van der Waals surface area contributed by atoms with Gasteiger partial charge in [0.05, 0.1) is 18.4 Å². The Hall–Kier alpha value is -3.09. The molecule has 0 aliphatic rings. The van der Waals surface area contributed by atoms with E-state index in [0.29, 0.717) is 22.6 Å². The average molecular weight is 387 g/mol. The summed E-state index contributed by atoms with van der Waals surface area (Å²) in [5.41, 5.74) is 3.54.